The van der Waals surface area contributed by atoms with Crippen molar-refractivity contribution < 1.29 is 27.9 Å². The first-order valence-corrected chi connectivity index (χ1v) is 10.9. The van der Waals surface area contributed by atoms with Crippen molar-refractivity contribution >= 4 is 16.8 Å². The molecular weight excluding hydrogens is 469 g/mol. The minimum absolute atomic E-state index is 0.00319. The van der Waals surface area contributed by atoms with Gasteiger partial charge in [0, 0.05) is 31.4 Å². The second-order valence-corrected chi connectivity index (χ2v) is 9.49. The van der Waals surface area contributed by atoms with E-state index in [4.69, 9.17) is 4.84 Å². The molecule has 4 rings (SSSR count). The largest absolute Gasteiger partial charge is 0.386 e. The van der Waals surface area contributed by atoms with E-state index in [9.17, 15) is 32.7 Å². The van der Waals surface area contributed by atoms with E-state index in [0.717, 1.165) is 9.63 Å². The Balaban J connectivity index is 1.99. The van der Waals surface area contributed by atoms with Crippen molar-refractivity contribution in [2.75, 3.05) is 13.2 Å². The number of halogens is 3. The van der Waals surface area contributed by atoms with E-state index in [1.54, 1.807) is 0 Å². The SMILES string of the molecule is CC(C)Cn1c(=O)n(C)c(=O)c2c(C(=O)N3CC(C)(O)CO3)n(Cc3cc(F)c(F)cc3F)cc21. The molecule has 1 aliphatic heterocycles. The summed E-state index contributed by atoms with van der Waals surface area (Å²) < 4.78 is 45.2. The average Bonchev–Trinajstić information content (AvgIpc) is 3.33. The number of hydrogen-bond acceptors (Lipinski definition) is 5. The van der Waals surface area contributed by atoms with Crippen molar-refractivity contribution in [1.82, 2.24) is 18.8 Å². The van der Waals surface area contributed by atoms with Crippen LogP contribution in [0.25, 0.3) is 10.9 Å². The highest BCUT2D eigenvalue weighted by Gasteiger charge is 2.38. The van der Waals surface area contributed by atoms with Gasteiger partial charge in [-0.1, -0.05) is 13.8 Å². The molecule has 0 spiro atoms. The maximum atomic E-state index is 14.5. The van der Waals surface area contributed by atoms with Crippen molar-refractivity contribution in [1.29, 1.82) is 0 Å². The fourth-order valence-electron chi connectivity index (χ4n) is 4.13. The first-order chi connectivity index (χ1) is 16.3. The van der Waals surface area contributed by atoms with Crippen molar-refractivity contribution in [2.45, 2.75) is 39.5 Å². The Hall–Kier alpha value is -3.38. The lowest BCUT2D eigenvalue weighted by Gasteiger charge is -2.18. The standard InChI is InChI=1S/C23H25F3N4O5/c1-12(2)7-29-17-9-28(8-13-5-15(25)16(26)6-14(13)24)19(18(17)20(31)27(4)22(29)33)21(32)30-10-23(3,34)11-35-30/h5-6,9,12,34H,7-8,10-11H2,1-4H3. The molecule has 188 valence electrons. The van der Waals surface area contributed by atoms with Crippen molar-refractivity contribution in [3.63, 3.8) is 0 Å². The molecule has 3 aromatic rings. The third kappa shape index (κ3) is 4.39. The number of amides is 1. The van der Waals surface area contributed by atoms with Gasteiger partial charge >= 0.3 is 5.69 Å². The van der Waals surface area contributed by atoms with Gasteiger partial charge < -0.3 is 9.67 Å². The molecular formula is C23H25F3N4O5. The van der Waals surface area contributed by atoms with Gasteiger partial charge in [0.05, 0.1) is 24.0 Å². The van der Waals surface area contributed by atoms with E-state index in [-0.39, 0.29) is 47.8 Å². The molecule has 0 aliphatic carbocycles. The number of hydrogen-bond donors (Lipinski definition) is 1. The molecule has 1 amide bonds. The number of β-amino-alcohol motifs (C(OH)–C–C–N with tert-alkyl or cyclic N) is 1. The molecule has 0 saturated carbocycles. The molecule has 12 heteroatoms. The van der Waals surface area contributed by atoms with Crippen LogP contribution in [0.1, 0.15) is 36.8 Å². The summed E-state index contributed by atoms with van der Waals surface area (Å²) in [6, 6.07) is 1.06. The topological polar surface area (TPSA) is 98.7 Å². The Morgan fingerprint density at radius 2 is 1.83 bits per heavy atom. The van der Waals surface area contributed by atoms with Crippen LogP contribution in [-0.4, -0.2) is 48.5 Å². The van der Waals surface area contributed by atoms with Crippen molar-refractivity contribution in [2.24, 2.45) is 13.0 Å². The van der Waals surface area contributed by atoms with E-state index < -0.39 is 46.8 Å². The lowest BCUT2D eigenvalue weighted by Crippen LogP contribution is -2.40. The number of fused-ring (bicyclic) bond motifs is 1. The molecule has 1 atom stereocenters. The van der Waals surface area contributed by atoms with Gasteiger partial charge in [0.25, 0.3) is 11.5 Å². The van der Waals surface area contributed by atoms with Crippen LogP contribution in [0.4, 0.5) is 13.2 Å². The number of carbonyl (C=O) groups is 1. The molecule has 0 radical (unpaired) electrons. The van der Waals surface area contributed by atoms with Gasteiger partial charge in [0.1, 0.15) is 23.7 Å². The average molecular weight is 494 g/mol. The maximum Gasteiger partial charge on any atom is 0.331 e. The minimum atomic E-state index is -1.37. The van der Waals surface area contributed by atoms with E-state index in [0.29, 0.717) is 12.1 Å². The van der Waals surface area contributed by atoms with Crippen LogP contribution in [0.15, 0.2) is 27.9 Å². The first-order valence-electron chi connectivity index (χ1n) is 10.9. The molecule has 0 bridgehead atoms. The van der Waals surface area contributed by atoms with Crippen molar-refractivity contribution in [3.05, 3.63) is 67.9 Å². The summed E-state index contributed by atoms with van der Waals surface area (Å²) in [6.45, 7) is 4.59. The number of nitrogens with zero attached hydrogens (tertiary/aromatic N) is 4. The highest BCUT2D eigenvalue weighted by atomic mass is 19.2. The van der Waals surface area contributed by atoms with E-state index >= 15 is 0 Å². The summed E-state index contributed by atoms with van der Waals surface area (Å²) in [5.41, 5.74) is -3.08. The summed E-state index contributed by atoms with van der Waals surface area (Å²) in [5.74, 6) is -4.51. The number of aliphatic hydroxyl groups is 1. The summed E-state index contributed by atoms with van der Waals surface area (Å²) in [4.78, 5) is 44.9. The fraction of sp³-hybridized carbons (Fsp3) is 0.435. The van der Waals surface area contributed by atoms with Gasteiger partial charge in [-0.15, -0.1) is 0 Å². The first kappa shape index (κ1) is 24.7. The summed E-state index contributed by atoms with van der Waals surface area (Å²) in [5, 5.41) is 11.0. The Morgan fingerprint density at radius 1 is 1.17 bits per heavy atom. The zero-order chi connectivity index (χ0) is 25.8. The van der Waals surface area contributed by atoms with Crippen LogP contribution in [0, 0.1) is 23.4 Å². The number of carbonyl (C=O) groups excluding carboxylic acids is 1. The van der Waals surface area contributed by atoms with E-state index in [2.05, 4.69) is 0 Å². The zero-order valence-corrected chi connectivity index (χ0v) is 19.6. The molecule has 2 aromatic heterocycles. The number of hydroxylamine groups is 2. The van der Waals surface area contributed by atoms with Crippen LogP contribution >= 0.6 is 0 Å². The Bertz CT molecular complexity index is 1450. The monoisotopic (exact) mass is 494 g/mol. The molecule has 1 N–H and O–H groups in total. The maximum absolute atomic E-state index is 14.5. The number of aromatic nitrogens is 3. The predicted octanol–water partition coefficient (Wildman–Crippen LogP) is 1.76. The van der Waals surface area contributed by atoms with Crippen LogP contribution in [0.5, 0.6) is 0 Å². The van der Waals surface area contributed by atoms with Gasteiger partial charge in [-0.2, -0.15) is 0 Å². The molecule has 1 saturated heterocycles. The third-order valence-corrected chi connectivity index (χ3v) is 5.81. The summed E-state index contributed by atoms with van der Waals surface area (Å²) in [6.07, 6.45) is 1.34. The molecule has 3 heterocycles. The van der Waals surface area contributed by atoms with Crippen LogP contribution in [0.3, 0.4) is 0 Å². The fourth-order valence-corrected chi connectivity index (χ4v) is 4.13. The van der Waals surface area contributed by atoms with Crippen LogP contribution in [-0.2, 0) is 25.0 Å². The van der Waals surface area contributed by atoms with E-state index in [1.165, 1.54) is 29.3 Å². The predicted molar refractivity (Wildman–Crippen MR) is 119 cm³/mol. The molecule has 35 heavy (non-hydrogen) atoms. The summed E-state index contributed by atoms with van der Waals surface area (Å²) in [7, 11) is 1.28. The molecule has 1 fully saturated rings. The number of benzene rings is 1. The van der Waals surface area contributed by atoms with Gasteiger partial charge in [-0.3, -0.25) is 23.6 Å². The smallest absolute Gasteiger partial charge is 0.331 e. The molecule has 1 aliphatic rings. The van der Waals surface area contributed by atoms with Gasteiger partial charge in [0.2, 0.25) is 0 Å². The lowest BCUT2D eigenvalue weighted by molar-refractivity contribution is -0.0801. The van der Waals surface area contributed by atoms with Crippen LogP contribution < -0.4 is 11.2 Å². The van der Waals surface area contributed by atoms with E-state index in [1.807, 2.05) is 13.8 Å². The molecule has 1 aromatic carbocycles. The highest BCUT2D eigenvalue weighted by molar-refractivity contribution is 6.05. The van der Waals surface area contributed by atoms with Crippen LogP contribution in [0.2, 0.25) is 0 Å². The van der Waals surface area contributed by atoms with Gasteiger partial charge in [0.15, 0.2) is 11.6 Å². The Morgan fingerprint density at radius 3 is 2.43 bits per heavy atom. The molecule has 1 unspecified atom stereocenters. The second kappa shape index (κ2) is 8.68. The lowest BCUT2D eigenvalue weighted by atomic mass is 10.1. The Labute approximate surface area is 197 Å². The number of rotatable bonds is 5. The zero-order valence-electron chi connectivity index (χ0n) is 19.6. The molecule has 9 nitrogen and oxygen atoms in total. The minimum Gasteiger partial charge on any atom is -0.386 e. The quantitative estimate of drug-likeness (QED) is 0.545. The van der Waals surface area contributed by atoms with Crippen molar-refractivity contribution in [3.8, 4) is 0 Å². The van der Waals surface area contributed by atoms with Gasteiger partial charge in [-0.25, -0.2) is 23.0 Å². The normalized spacial score (nSPS) is 18.3. The van der Waals surface area contributed by atoms with Gasteiger partial charge in [-0.05, 0) is 18.9 Å². The third-order valence-electron chi connectivity index (χ3n) is 5.81. The Kier molecular flexibility index (Phi) is 6.14. The second-order valence-electron chi connectivity index (χ2n) is 9.49. The highest BCUT2D eigenvalue weighted by Crippen LogP contribution is 2.26. The summed E-state index contributed by atoms with van der Waals surface area (Å²) >= 11 is 0.